The summed E-state index contributed by atoms with van der Waals surface area (Å²) in [5.41, 5.74) is 0. The lowest BCUT2D eigenvalue weighted by Crippen LogP contribution is -2.11. The molecule has 1 unspecified atom stereocenters. The van der Waals surface area contributed by atoms with Gasteiger partial charge in [-0.1, -0.05) is 65.2 Å². The summed E-state index contributed by atoms with van der Waals surface area (Å²) >= 11 is 0. The van der Waals surface area contributed by atoms with E-state index in [0.717, 1.165) is 18.9 Å². The largest absolute Gasteiger partial charge is 0.391 e. The van der Waals surface area contributed by atoms with Crippen molar-refractivity contribution >= 4 is 0 Å². The minimum absolute atomic E-state index is 0.371. The van der Waals surface area contributed by atoms with Crippen molar-refractivity contribution in [2.45, 2.75) is 77.7 Å². The van der Waals surface area contributed by atoms with Crippen molar-refractivity contribution in [3.63, 3.8) is 0 Å². The van der Waals surface area contributed by atoms with Crippen molar-refractivity contribution in [3.8, 4) is 0 Å². The third-order valence-corrected chi connectivity index (χ3v) is 3.13. The summed E-state index contributed by atoms with van der Waals surface area (Å²) < 4.78 is 5.26. The summed E-state index contributed by atoms with van der Waals surface area (Å²) in [5, 5.41) is 8.89. The topological polar surface area (TPSA) is 29.5 Å². The lowest BCUT2D eigenvalue weighted by atomic mass is 10.0. The van der Waals surface area contributed by atoms with Crippen LogP contribution in [-0.2, 0) is 4.74 Å². The molecule has 18 heavy (non-hydrogen) atoms. The molecule has 1 N–H and O–H groups in total. The molecule has 0 aromatic heterocycles. The summed E-state index contributed by atoms with van der Waals surface area (Å²) in [4.78, 5) is 0. The second-order valence-electron chi connectivity index (χ2n) is 5.74. The Balaban J connectivity index is 2.95. The molecule has 0 saturated heterocycles. The predicted molar refractivity (Wildman–Crippen MR) is 78.6 cm³/mol. The first kappa shape index (κ1) is 17.9. The van der Waals surface area contributed by atoms with E-state index in [0.29, 0.717) is 6.61 Å². The zero-order valence-electron chi connectivity index (χ0n) is 12.5. The van der Waals surface area contributed by atoms with E-state index in [4.69, 9.17) is 9.84 Å². The fraction of sp³-hybridized carbons (Fsp3) is 0.938. The van der Waals surface area contributed by atoms with Crippen LogP contribution in [0.5, 0.6) is 0 Å². The highest BCUT2D eigenvalue weighted by Gasteiger charge is 1.96. The van der Waals surface area contributed by atoms with Crippen LogP contribution in [0, 0.1) is 12.8 Å². The normalized spacial score (nSPS) is 13.2. The fourth-order valence-corrected chi connectivity index (χ4v) is 2.04. The summed E-state index contributed by atoms with van der Waals surface area (Å²) in [5.74, 6) is 0.863. The van der Waals surface area contributed by atoms with Crippen LogP contribution in [-0.4, -0.2) is 24.4 Å². The number of unbranched alkanes of at least 4 members (excludes halogenated alkanes) is 7. The Hall–Kier alpha value is -0.0800. The second-order valence-corrected chi connectivity index (χ2v) is 5.74. The van der Waals surface area contributed by atoms with E-state index in [1.54, 1.807) is 0 Å². The van der Waals surface area contributed by atoms with Gasteiger partial charge in [-0.05, 0) is 19.3 Å². The van der Waals surface area contributed by atoms with Gasteiger partial charge in [0, 0.05) is 6.61 Å². The molecule has 0 fully saturated rings. The molecule has 0 heterocycles. The van der Waals surface area contributed by atoms with Crippen LogP contribution >= 0.6 is 0 Å². The van der Waals surface area contributed by atoms with Crippen molar-refractivity contribution in [2.75, 3.05) is 13.2 Å². The molecule has 0 bridgehead atoms. The highest BCUT2D eigenvalue weighted by Crippen LogP contribution is 2.12. The number of hydrogen-bond donors (Lipinski definition) is 1. The van der Waals surface area contributed by atoms with Crippen molar-refractivity contribution in [1.82, 2.24) is 0 Å². The highest BCUT2D eigenvalue weighted by molar-refractivity contribution is 4.53. The Morgan fingerprint density at radius 2 is 1.39 bits per heavy atom. The monoisotopic (exact) mass is 257 g/mol. The van der Waals surface area contributed by atoms with Gasteiger partial charge in [0.2, 0.25) is 0 Å². The van der Waals surface area contributed by atoms with E-state index in [-0.39, 0.29) is 0 Å². The van der Waals surface area contributed by atoms with Gasteiger partial charge in [-0.3, -0.25) is 0 Å². The van der Waals surface area contributed by atoms with Crippen LogP contribution in [0.15, 0.2) is 0 Å². The van der Waals surface area contributed by atoms with Crippen LogP contribution in [0.3, 0.4) is 0 Å². The maximum atomic E-state index is 8.89. The first-order valence-electron chi connectivity index (χ1n) is 7.71. The Kier molecular flexibility index (Phi) is 13.3. The molecular formula is C16H33O2. The molecule has 0 rings (SSSR count). The molecule has 1 radical (unpaired) electrons. The Bertz CT molecular complexity index is 137. The molecule has 1 atom stereocenters. The second kappa shape index (κ2) is 13.4. The van der Waals surface area contributed by atoms with E-state index < -0.39 is 6.10 Å². The molecule has 2 heteroatoms. The lowest BCUT2D eigenvalue weighted by Gasteiger charge is -2.06. The quantitative estimate of drug-likeness (QED) is 0.497. The highest BCUT2D eigenvalue weighted by atomic mass is 16.5. The lowest BCUT2D eigenvalue weighted by molar-refractivity contribution is 0.0564. The summed E-state index contributed by atoms with van der Waals surface area (Å²) in [6.07, 6.45) is 11.4. The molecular weight excluding hydrogens is 224 g/mol. The molecule has 0 spiro atoms. The van der Waals surface area contributed by atoms with Crippen molar-refractivity contribution < 1.29 is 9.84 Å². The standard InChI is InChI=1S/C16H33O2/c1-15(2)12-10-8-6-4-5-7-9-11-13-18-14-16(3)17/h15-17H,3-14H2,1-2H3. The summed E-state index contributed by atoms with van der Waals surface area (Å²) in [6.45, 7) is 9.20. The smallest absolute Gasteiger partial charge is 0.0774 e. The minimum Gasteiger partial charge on any atom is -0.391 e. The Labute approximate surface area is 114 Å². The van der Waals surface area contributed by atoms with Gasteiger partial charge >= 0.3 is 0 Å². The molecule has 0 aliphatic heterocycles. The minimum atomic E-state index is -0.573. The van der Waals surface area contributed by atoms with Crippen molar-refractivity contribution in [2.24, 2.45) is 5.92 Å². The molecule has 109 valence electrons. The van der Waals surface area contributed by atoms with Crippen LogP contribution in [0.1, 0.15) is 71.6 Å². The van der Waals surface area contributed by atoms with Gasteiger partial charge in [0.15, 0.2) is 0 Å². The maximum Gasteiger partial charge on any atom is 0.0774 e. The average molecular weight is 257 g/mol. The number of ether oxygens (including phenoxy) is 1. The molecule has 0 aliphatic rings. The first-order valence-corrected chi connectivity index (χ1v) is 7.71. The van der Waals surface area contributed by atoms with Gasteiger partial charge in [-0.25, -0.2) is 0 Å². The van der Waals surface area contributed by atoms with Gasteiger partial charge < -0.3 is 9.84 Å². The molecule has 0 saturated carbocycles. The van der Waals surface area contributed by atoms with E-state index in [2.05, 4.69) is 20.8 Å². The zero-order chi connectivity index (χ0) is 13.6. The van der Waals surface area contributed by atoms with Gasteiger partial charge in [0.25, 0.3) is 0 Å². The van der Waals surface area contributed by atoms with Gasteiger partial charge in [-0.15, -0.1) is 0 Å². The maximum absolute atomic E-state index is 8.89. The SMILES string of the molecule is [CH2]C(O)COCCCCCCCCCCC(C)C. The fourth-order valence-electron chi connectivity index (χ4n) is 2.04. The van der Waals surface area contributed by atoms with Crippen LogP contribution in [0.25, 0.3) is 0 Å². The van der Waals surface area contributed by atoms with Crippen molar-refractivity contribution in [3.05, 3.63) is 6.92 Å². The average Bonchev–Trinajstić information content (AvgIpc) is 2.29. The first-order chi connectivity index (χ1) is 8.63. The summed E-state index contributed by atoms with van der Waals surface area (Å²) in [6, 6.07) is 0. The number of rotatable bonds is 13. The van der Waals surface area contributed by atoms with E-state index in [1.165, 1.54) is 51.4 Å². The van der Waals surface area contributed by atoms with E-state index in [1.807, 2.05) is 0 Å². The van der Waals surface area contributed by atoms with Crippen LogP contribution in [0.4, 0.5) is 0 Å². The van der Waals surface area contributed by atoms with E-state index in [9.17, 15) is 0 Å². The Morgan fingerprint density at radius 3 is 1.89 bits per heavy atom. The molecule has 0 aromatic carbocycles. The molecule has 0 amide bonds. The molecule has 0 aliphatic carbocycles. The van der Waals surface area contributed by atoms with Crippen molar-refractivity contribution in [1.29, 1.82) is 0 Å². The molecule has 2 nitrogen and oxygen atoms in total. The summed E-state index contributed by atoms with van der Waals surface area (Å²) in [7, 11) is 0. The number of hydrogen-bond acceptors (Lipinski definition) is 2. The van der Waals surface area contributed by atoms with Crippen LogP contribution < -0.4 is 0 Å². The van der Waals surface area contributed by atoms with Crippen LogP contribution in [0.2, 0.25) is 0 Å². The predicted octanol–water partition coefficient (Wildman–Crippen LogP) is 4.36. The van der Waals surface area contributed by atoms with Gasteiger partial charge in [0.05, 0.1) is 12.7 Å². The van der Waals surface area contributed by atoms with Gasteiger partial charge in [0.1, 0.15) is 0 Å². The van der Waals surface area contributed by atoms with E-state index >= 15 is 0 Å². The zero-order valence-corrected chi connectivity index (χ0v) is 12.5. The third kappa shape index (κ3) is 15.9. The molecule has 0 aromatic rings. The number of aliphatic hydroxyl groups is 1. The number of aliphatic hydroxyl groups excluding tert-OH is 1. The Morgan fingerprint density at radius 1 is 0.889 bits per heavy atom. The van der Waals surface area contributed by atoms with Gasteiger partial charge in [-0.2, -0.15) is 0 Å². The third-order valence-electron chi connectivity index (χ3n) is 3.13.